The second-order valence-corrected chi connectivity index (χ2v) is 8.05. The second kappa shape index (κ2) is 10.1. The molecule has 2 amide bonds. The van der Waals surface area contributed by atoms with Crippen LogP contribution < -0.4 is 10.2 Å². The summed E-state index contributed by atoms with van der Waals surface area (Å²) in [6.07, 6.45) is 1.48. The summed E-state index contributed by atoms with van der Waals surface area (Å²) in [5.41, 5.74) is 0.278. The molecule has 8 nitrogen and oxygen atoms in total. The summed E-state index contributed by atoms with van der Waals surface area (Å²) in [4.78, 5) is 41.5. The third kappa shape index (κ3) is 7.94. The average molecular weight is 393 g/mol. The average Bonchev–Trinajstić information content (AvgIpc) is 2.54. The molecule has 0 aliphatic heterocycles. The Bertz CT molecular complexity index is 697. The smallest absolute Gasteiger partial charge is 0.416 e. The van der Waals surface area contributed by atoms with Crippen molar-refractivity contribution >= 4 is 23.8 Å². The van der Waals surface area contributed by atoms with Gasteiger partial charge in [0, 0.05) is 19.2 Å². The number of hydrogen-bond acceptors (Lipinski definition) is 5. The lowest BCUT2D eigenvalue weighted by Gasteiger charge is -2.27. The molecule has 0 radical (unpaired) electrons. The van der Waals surface area contributed by atoms with Crippen molar-refractivity contribution in [2.45, 2.75) is 66.0 Å². The number of carboxylic acid groups (broad SMARTS) is 1. The van der Waals surface area contributed by atoms with Gasteiger partial charge in [-0.2, -0.15) is 0 Å². The highest BCUT2D eigenvalue weighted by molar-refractivity contribution is 5.87. The molecule has 2 N–H and O–H groups in total. The molecule has 1 heterocycles. The predicted molar refractivity (Wildman–Crippen MR) is 106 cm³/mol. The summed E-state index contributed by atoms with van der Waals surface area (Å²) < 4.78 is 5.45. The van der Waals surface area contributed by atoms with Gasteiger partial charge in [-0.3, -0.25) is 9.69 Å². The number of aromatic nitrogens is 1. The van der Waals surface area contributed by atoms with Gasteiger partial charge in [-0.05, 0) is 57.7 Å². The van der Waals surface area contributed by atoms with Crippen molar-refractivity contribution in [2.24, 2.45) is 5.92 Å². The van der Waals surface area contributed by atoms with E-state index in [-0.39, 0.29) is 24.8 Å². The van der Waals surface area contributed by atoms with Gasteiger partial charge in [0.05, 0.1) is 0 Å². The molecule has 0 saturated heterocycles. The molecule has 0 spiro atoms. The van der Waals surface area contributed by atoms with Crippen LogP contribution in [0.1, 0.15) is 53.0 Å². The van der Waals surface area contributed by atoms with E-state index in [0.29, 0.717) is 12.2 Å². The van der Waals surface area contributed by atoms with Gasteiger partial charge in [-0.1, -0.05) is 13.8 Å². The van der Waals surface area contributed by atoms with Crippen LogP contribution in [0.5, 0.6) is 0 Å². The number of hydrogen-bond donors (Lipinski definition) is 2. The van der Waals surface area contributed by atoms with Crippen LogP contribution in [0.3, 0.4) is 0 Å². The number of aryl methyl sites for hydroxylation is 1. The maximum Gasteiger partial charge on any atom is 0.416 e. The zero-order valence-corrected chi connectivity index (χ0v) is 17.5. The Morgan fingerprint density at radius 3 is 2.43 bits per heavy atom. The number of nitrogens with one attached hydrogen (secondary N) is 1. The zero-order chi connectivity index (χ0) is 21.5. The fraction of sp³-hybridized carbons (Fsp3) is 0.600. The van der Waals surface area contributed by atoms with Gasteiger partial charge in [-0.15, -0.1) is 0 Å². The Morgan fingerprint density at radius 2 is 1.93 bits per heavy atom. The molecule has 156 valence electrons. The summed E-state index contributed by atoms with van der Waals surface area (Å²) in [5.74, 6) is -1.22. The van der Waals surface area contributed by atoms with Crippen molar-refractivity contribution in [3.05, 3.63) is 23.9 Å². The second-order valence-electron chi connectivity index (χ2n) is 8.05. The minimum atomic E-state index is -1.07. The Balaban J connectivity index is 2.78. The van der Waals surface area contributed by atoms with Crippen molar-refractivity contribution in [1.82, 2.24) is 10.3 Å². The van der Waals surface area contributed by atoms with E-state index in [0.717, 1.165) is 5.56 Å². The number of anilines is 1. The quantitative estimate of drug-likeness (QED) is 0.702. The van der Waals surface area contributed by atoms with E-state index in [1.54, 1.807) is 46.9 Å². The zero-order valence-electron chi connectivity index (χ0n) is 17.5. The van der Waals surface area contributed by atoms with Crippen molar-refractivity contribution in [2.75, 3.05) is 11.4 Å². The molecule has 0 bridgehead atoms. The lowest BCUT2D eigenvalue weighted by atomic mass is 10.0. The van der Waals surface area contributed by atoms with Gasteiger partial charge in [0.25, 0.3) is 0 Å². The van der Waals surface area contributed by atoms with Crippen molar-refractivity contribution in [3.8, 4) is 0 Å². The van der Waals surface area contributed by atoms with E-state index in [1.165, 1.54) is 4.90 Å². The monoisotopic (exact) mass is 393 g/mol. The fourth-order valence-corrected chi connectivity index (χ4v) is 2.44. The van der Waals surface area contributed by atoms with E-state index in [9.17, 15) is 14.4 Å². The largest absolute Gasteiger partial charge is 0.480 e. The molecule has 0 saturated carbocycles. The van der Waals surface area contributed by atoms with Crippen LogP contribution >= 0.6 is 0 Å². The molecule has 1 aromatic heterocycles. The van der Waals surface area contributed by atoms with Gasteiger partial charge in [0.2, 0.25) is 5.91 Å². The minimum absolute atomic E-state index is 0.0849. The number of rotatable bonds is 8. The van der Waals surface area contributed by atoms with E-state index >= 15 is 0 Å². The van der Waals surface area contributed by atoms with Crippen LogP contribution in [0.25, 0.3) is 0 Å². The first-order valence-corrected chi connectivity index (χ1v) is 9.36. The molecule has 28 heavy (non-hydrogen) atoms. The van der Waals surface area contributed by atoms with Crippen LogP contribution in [0, 0.1) is 12.8 Å². The first-order chi connectivity index (χ1) is 12.9. The van der Waals surface area contributed by atoms with E-state index < -0.39 is 23.7 Å². The molecular weight excluding hydrogens is 362 g/mol. The molecule has 0 aromatic carbocycles. The van der Waals surface area contributed by atoms with Gasteiger partial charge in [0.15, 0.2) is 0 Å². The van der Waals surface area contributed by atoms with E-state index in [4.69, 9.17) is 9.84 Å². The Morgan fingerprint density at radius 1 is 1.29 bits per heavy atom. The number of pyridine rings is 1. The third-order valence-electron chi connectivity index (χ3n) is 3.83. The minimum Gasteiger partial charge on any atom is -0.480 e. The van der Waals surface area contributed by atoms with E-state index in [2.05, 4.69) is 10.3 Å². The molecule has 0 aliphatic rings. The van der Waals surface area contributed by atoms with Crippen LogP contribution in [0.4, 0.5) is 10.6 Å². The molecule has 1 atom stereocenters. The normalized spacial score (nSPS) is 12.4. The lowest BCUT2D eigenvalue weighted by molar-refractivity contribution is -0.143. The SMILES string of the molecule is Cc1ccnc(N(CCCC(=O)N[C@@H](C(=O)O)C(C)C)C(=O)OC(C)(C)C)c1. The van der Waals surface area contributed by atoms with Crippen LogP contribution in [0.2, 0.25) is 0 Å². The van der Waals surface area contributed by atoms with Crippen molar-refractivity contribution in [1.29, 1.82) is 0 Å². The summed E-state index contributed by atoms with van der Waals surface area (Å²) >= 11 is 0. The lowest BCUT2D eigenvalue weighted by Crippen LogP contribution is -2.44. The first-order valence-electron chi connectivity index (χ1n) is 9.36. The Labute approximate surface area is 166 Å². The molecule has 1 aromatic rings. The Kier molecular flexibility index (Phi) is 8.40. The number of carboxylic acids is 1. The number of ether oxygens (including phenoxy) is 1. The molecular formula is C20H31N3O5. The maximum absolute atomic E-state index is 12.6. The van der Waals surface area contributed by atoms with Crippen LogP contribution in [-0.2, 0) is 14.3 Å². The summed E-state index contributed by atoms with van der Waals surface area (Å²) in [5, 5.41) is 11.7. The Hall–Kier alpha value is -2.64. The molecule has 0 fully saturated rings. The number of aliphatic carboxylic acids is 1. The van der Waals surface area contributed by atoms with Crippen molar-refractivity contribution in [3.63, 3.8) is 0 Å². The number of carbonyl (C=O) groups excluding carboxylic acids is 2. The number of carbonyl (C=O) groups is 3. The highest BCUT2D eigenvalue weighted by atomic mass is 16.6. The molecule has 0 unspecified atom stereocenters. The molecule has 8 heteroatoms. The van der Waals surface area contributed by atoms with Gasteiger partial charge in [0.1, 0.15) is 17.5 Å². The third-order valence-corrected chi connectivity index (χ3v) is 3.83. The number of amides is 2. The molecule has 0 aliphatic carbocycles. The topological polar surface area (TPSA) is 109 Å². The summed E-state index contributed by atoms with van der Waals surface area (Å²) in [6, 6.07) is 2.65. The first kappa shape index (κ1) is 23.4. The standard InChI is InChI=1S/C20H31N3O5/c1-13(2)17(18(25)26)22-16(24)8-7-11-23(19(27)28-20(4,5)6)15-12-14(3)9-10-21-15/h9-10,12-13,17H,7-8,11H2,1-6H3,(H,22,24)(H,25,26)/t17-/m1/s1. The fourth-order valence-electron chi connectivity index (χ4n) is 2.44. The van der Waals surface area contributed by atoms with Crippen molar-refractivity contribution < 1.29 is 24.2 Å². The maximum atomic E-state index is 12.6. The van der Waals surface area contributed by atoms with Gasteiger partial charge < -0.3 is 15.2 Å². The molecule has 1 rings (SSSR count). The highest BCUT2D eigenvalue weighted by Gasteiger charge is 2.26. The van der Waals surface area contributed by atoms with Gasteiger partial charge in [-0.25, -0.2) is 14.6 Å². The summed E-state index contributed by atoms with van der Waals surface area (Å²) in [7, 11) is 0. The van der Waals surface area contributed by atoms with Gasteiger partial charge >= 0.3 is 12.1 Å². The van der Waals surface area contributed by atoms with Crippen LogP contribution in [-0.4, -0.2) is 46.2 Å². The highest BCUT2D eigenvalue weighted by Crippen LogP contribution is 2.18. The van der Waals surface area contributed by atoms with Crippen LogP contribution in [0.15, 0.2) is 18.3 Å². The predicted octanol–water partition coefficient (Wildman–Crippen LogP) is 3.14. The number of nitrogens with zero attached hydrogens (tertiary/aromatic N) is 2. The van der Waals surface area contributed by atoms with E-state index in [1.807, 2.05) is 13.0 Å². The summed E-state index contributed by atoms with van der Waals surface area (Å²) in [6.45, 7) is 10.9.